The normalized spacial score (nSPS) is 31.6. The molecule has 1 N–H and O–H groups in total. The lowest BCUT2D eigenvalue weighted by atomic mass is 10.4. The van der Waals surface area contributed by atoms with Gasteiger partial charge in [-0.25, -0.2) is 0 Å². The van der Waals surface area contributed by atoms with Gasteiger partial charge in [-0.2, -0.15) is 0 Å². The van der Waals surface area contributed by atoms with Crippen molar-refractivity contribution in [2.45, 2.75) is 39.8 Å². The van der Waals surface area contributed by atoms with E-state index in [0.717, 1.165) is 0 Å². The molecule has 1 aliphatic rings. The molecular weight excluding hydrogens is 110 g/mol. The SMILES string of the molecule is CC.CC1C=CC(C)N1. The van der Waals surface area contributed by atoms with Crippen molar-refractivity contribution in [3.05, 3.63) is 12.2 Å². The van der Waals surface area contributed by atoms with Crippen LogP contribution in [0.15, 0.2) is 12.2 Å². The van der Waals surface area contributed by atoms with Crippen molar-refractivity contribution in [3.8, 4) is 0 Å². The molecule has 9 heavy (non-hydrogen) atoms. The summed E-state index contributed by atoms with van der Waals surface area (Å²) in [6, 6.07) is 1.19. The molecule has 1 heteroatoms. The first-order valence-electron chi connectivity index (χ1n) is 3.73. The molecule has 0 saturated heterocycles. The summed E-state index contributed by atoms with van der Waals surface area (Å²) in [4.78, 5) is 0. The standard InChI is InChI=1S/C6H11N.C2H6/c1-5-3-4-6(2)7-5;1-2/h3-7H,1-2H3;1-2H3. The molecule has 0 aromatic carbocycles. The Kier molecular flexibility index (Phi) is 4.41. The predicted molar refractivity (Wildman–Crippen MR) is 42.5 cm³/mol. The van der Waals surface area contributed by atoms with Crippen LogP contribution in [0.2, 0.25) is 0 Å². The van der Waals surface area contributed by atoms with E-state index in [9.17, 15) is 0 Å². The third-order valence-electron chi connectivity index (χ3n) is 1.21. The van der Waals surface area contributed by atoms with Crippen LogP contribution in [0.25, 0.3) is 0 Å². The fraction of sp³-hybridized carbons (Fsp3) is 0.750. The number of nitrogens with one attached hydrogen (secondary N) is 1. The van der Waals surface area contributed by atoms with Crippen LogP contribution in [0.1, 0.15) is 27.7 Å². The van der Waals surface area contributed by atoms with Crippen LogP contribution in [-0.4, -0.2) is 12.1 Å². The lowest BCUT2D eigenvalue weighted by Crippen LogP contribution is -2.25. The van der Waals surface area contributed by atoms with Crippen LogP contribution >= 0.6 is 0 Å². The summed E-state index contributed by atoms with van der Waals surface area (Å²) in [6.07, 6.45) is 4.37. The zero-order valence-electron chi connectivity index (χ0n) is 6.81. The second-order valence-corrected chi connectivity index (χ2v) is 2.13. The molecule has 0 aromatic rings. The molecule has 0 aromatic heterocycles. The van der Waals surface area contributed by atoms with Crippen LogP contribution in [0, 0.1) is 0 Å². The summed E-state index contributed by atoms with van der Waals surface area (Å²) in [5.41, 5.74) is 0. The summed E-state index contributed by atoms with van der Waals surface area (Å²) in [5, 5.41) is 3.31. The Morgan fingerprint density at radius 2 is 1.33 bits per heavy atom. The highest BCUT2D eigenvalue weighted by Gasteiger charge is 2.06. The summed E-state index contributed by atoms with van der Waals surface area (Å²) in [6.45, 7) is 8.31. The van der Waals surface area contributed by atoms with E-state index < -0.39 is 0 Å². The summed E-state index contributed by atoms with van der Waals surface area (Å²) >= 11 is 0. The van der Waals surface area contributed by atoms with Gasteiger partial charge in [0.25, 0.3) is 0 Å². The minimum atomic E-state index is 0.593. The third-order valence-corrected chi connectivity index (χ3v) is 1.21. The van der Waals surface area contributed by atoms with Gasteiger partial charge in [-0.05, 0) is 13.8 Å². The van der Waals surface area contributed by atoms with Crippen LogP contribution in [0.5, 0.6) is 0 Å². The van der Waals surface area contributed by atoms with Crippen LogP contribution in [-0.2, 0) is 0 Å². The monoisotopic (exact) mass is 127 g/mol. The zero-order valence-corrected chi connectivity index (χ0v) is 6.81. The van der Waals surface area contributed by atoms with Gasteiger partial charge in [-0.1, -0.05) is 26.0 Å². The van der Waals surface area contributed by atoms with Crippen molar-refractivity contribution in [1.29, 1.82) is 0 Å². The zero-order chi connectivity index (χ0) is 7.28. The molecule has 2 atom stereocenters. The van der Waals surface area contributed by atoms with E-state index in [1.807, 2.05) is 13.8 Å². The van der Waals surface area contributed by atoms with Crippen LogP contribution < -0.4 is 5.32 Å². The lowest BCUT2D eigenvalue weighted by Gasteiger charge is -2.02. The third kappa shape index (κ3) is 3.31. The first kappa shape index (κ1) is 8.70. The summed E-state index contributed by atoms with van der Waals surface area (Å²) in [7, 11) is 0. The molecule has 0 spiro atoms. The maximum atomic E-state index is 3.31. The molecule has 1 heterocycles. The molecule has 2 unspecified atom stereocenters. The van der Waals surface area contributed by atoms with Gasteiger partial charge in [-0.3, -0.25) is 0 Å². The second kappa shape index (κ2) is 4.57. The molecule has 0 bridgehead atoms. The quantitative estimate of drug-likeness (QED) is 0.490. The predicted octanol–water partition coefficient (Wildman–Crippen LogP) is 1.95. The second-order valence-electron chi connectivity index (χ2n) is 2.13. The molecule has 1 aliphatic heterocycles. The van der Waals surface area contributed by atoms with Crippen molar-refractivity contribution in [1.82, 2.24) is 5.32 Å². The maximum absolute atomic E-state index is 3.31. The van der Waals surface area contributed by atoms with E-state index >= 15 is 0 Å². The van der Waals surface area contributed by atoms with E-state index in [1.54, 1.807) is 0 Å². The minimum absolute atomic E-state index is 0.593. The number of rotatable bonds is 0. The Hall–Kier alpha value is -0.300. The van der Waals surface area contributed by atoms with E-state index in [-0.39, 0.29) is 0 Å². The van der Waals surface area contributed by atoms with Gasteiger partial charge in [0, 0.05) is 12.1 Å². The highest BCUT2D eigenvalue weighted by atomic mass is 14.9. The van der Waals surface area contributed by atoms with Crippen molar-refractivity contribution in [2.75, 3.05) is 0 Å². The molecular formula is C8H17N. The smallest absolute Gasteiger partial charge is 0.0227 e. The first-order valence-corrected chi connectivity index (χ1v) is 3.73. The molecule has 0 radical (unpaired) electrons. The molecule has 0 saturated carbocycles. The fourth-order valence-corrected chi connectivity index (χ4v) is 0.859. The lowest BCUT2D eigenvalue weighted by molar-refractivity contribution is 0.628. The number of hydrogen-bond acceptors (Lipinski definition) is 1. The largest absolute Gasteiger partial charge is 0.305 e. The Morgan fingerprint density at radius 1 is 1.00 bits per heavy atom. The van der Waals surface area contributed by atoms with Crippen LogP contribution in [0.3, 0.4) is 0 Å². The van der Waals surface area contributed by atoms with Gasteiger partial charge in [0.2, 0.25) is 0 Å². The van der Waals surface area contributed by atoms with Gasteiger partial charge < -0.3 is 5.32 Å². The van der Waals surface area contributed by atoms with Crippen molar-refractivity contribution in [3.63, 3.8) is 0 Å². The Morgan fingerprint density at radius 3 is 1.44 bits per heavy atom. The van der Waals surface area contributed by atoms with Crippen LogP contribution in [0.4, 0.5) is 0 Å². The van der Waals surface area contributed by atoms with Gasteiger partial charge in [-0.15, -0.1) is 0 Å². The Labute approximate surface area is 58.2 Å². The average Bonchev–Trinajstić information content (AvgIpc) is 2.20. The maximum Gasteiger partial charge on any atom is 0.0227 e. The van der Waals surface area contributed by atoms with Gasteiger partial charge >= 0.3 is 0 Å². The van der Waals surface area contributed by atoms with Gasteiger partial charge in [0.1, 0.15) is 0 Å². The summed E-state index contributed by atoms with van der Waals surface area (Å²) < 4.78 is 0. The number of hydrogen-bond donors (Lipinski definition) is 1. The molecule has 1 nitrogen and oxygen atoms in total. The van der Waals surface area contributed by atoms with Crippen molar-refractivity contribution in [2.24, 2.45) is 0 Å². The topological polar surface area (TPSA) is 12.0 Å². The van der Waals surface area contributed by atoms with Gasteiger partial charge in [0.15, 0.2) is 0 Å². The molecule has 0 fully saturated rings. The van der Waals surface area contributed by atoms with E-state index in [0.29, 0.717) is 12.1 Å². The van der Waals surface area contributed by atoms with Gasteiger partial charge in [0.05, 0.1) is 0 Å². The Bertz CT molecular complexity index is 76.6. The highest BCUT2D eigenvalue weighted by molar-refractivity contribution is 5.04. The average molecular weight is 127 g/mol. The van der Waals surface area contributed by atoms with E-state index in [4.69, 9.17) is 0 Å². The van der Waals surface area contributed by atoms with E-state index in [2.05, 4.69) is 31.3 Å². The minimum Gasteiger partial charge on any atom is -0.305 e. The Balaban J connectivity index is 0.000000291. The highest BCUT2D eigenvalue weighted by Crippen LogP contribution is 1.98. The fourth-order valence-electron chi connectivity index (χ4n) is 0.859. The van der Waals surface area contributed by atoms with Crippen molar-refractivity contribution < 1.29 is 0 Å². The van der Waals surface area contributed by atoms with E-state index in [1.165, 1.54) is 0 Å². The molecule has 54 valence electrons. The van der Waals surface area contributed by atoms with Crippen molar-refractivity contribution >= 4 is 0 Å². The molecule has 0 aliphatic carbocycles. The summed E-state index contributed by atoms with van der Waals surface area (Å²) in [5.74, 6) is 0. The molecule has 1 rings (SSSR count). The molecule has 0 amide bonds. The first-order chi connectivity index (χ1) is 4.29.